The number of hydrogen-bond acceptors (Lipinski definition) is 2. The Morgan fingerprint density at radius 2 is 1.67 bits per heavy atom. The standard InChI is InChI=1S/C23H30N2O2/c1-3-5-13-19(4-2)23(27)24-17-22(26)25-21-15-10-9-14-20(21)16-18-11-7-6-8-12-18/h6-12,14-15,19H,3-5,13,16-17H2,1-2H3,(H,24,27)(H,25,26). The molecule has 4 heteroatoms. The summed E-state index contributed by atoms with van der Waals surface area (Å²) in [6.45, 7) is 4.13. The summed E-state index contributed by atoms with van der Waals surface area (Å²) in [5.74, 6) is -0.240. The van der Waals surface area contributed by atoms with Crippen molar-refractivity contribution in [3.8, 4) is 0 Å². The Labute approximate surface area is 162 Å². The molecule has 0 aromatic heterocycles. The Morgan fingerprint density at radius 1 is 0.963 bits per heavy atom. The van der Waals surface area contributed by atoms with E-state index in [1.807, 2.05) is 49.4 Å². The number of amides is 2. The summed E-state index contributed by atoms with van der Waals surface area (Å²) in [6, 6.07) is 17.9. The second-order valence-electron chi connectivity index (χ2n) is 6.83. The lowest BCUT2D eigenvalue weighted by Gasteiger charge is -2.15. The van der Waals surface area contributed by atoms with Gasteiger partial charge >= 0.3 is 0 Å². The zero-order valence-electron chi connectivity index (χ0n) is 16.3. The predicted molar refractivity (Wildman–Crippen MR) is 111 cm³/mol. The predicted octanol–water partition coefficient (Wildman–Crippen LogP) is 4.55. The van der Waals surface area contributed by atoms with Crippen LogP contribution in [0.5, 0.6) is 0 Å². The number of carbonyl (C=O) groups excluding carboxylic acids is 2. The quantitative estimate of drug-likeness (QED) is 0.648. The number of benzene rings is 2. The zero-order valence-corrected chi connectivity index (χ0v) is 16.3. The molecule has 2 aromatic carbocycles. The molecule has 0 aliphatic rings. The average Bonchev–Trinajstić information content (AvgIpc) is 2.69. The van der Waals surface area contributed by atoms with Gasteiger partial charge in [0.2, 0.25) is 11.8 Å². The highest BCUT2D eigenvalue weighted by molar-refractivity contribution is 5.95. The molecule has 0 heterocycles. The molecule has 0 aliphatic heterocycles. The van der Waals surface area contributed by atoms with E-state index in [1.54, 1.807) is 0 Å². The maximum Gasteiger partial charge on any atom is 0.243 e. The SMILES string of the molecule is CCCCC(CC)C(=O)NCC(=O)Nc1ccccc1Cc1ccccc1. The van der Waals surface area contributed by atoms with Crippen LogP contribution in [-0.4, -0.2) is 18.4 Å². The topological polar surface area (TPSA) is 58.2 Å². The summed E-state index contributed by atoms with van der Waals surface area (Å²) in [5, 5.41) is 5.71. The van der Waals surface area contributed by atoms with Crippen LogP contribution in [0.15, 0.2) is 54.6 Å². The molecule has 0 radical (unpaired) electrons. The number of nitrogens with one attached hydrogen (secondary N) is 2. The van der Waals surface area contributed by atoms with Crippen molar-refractivity contribution in [3.63, 3.8) is 0 Å². The summed E-state index contributed by atoms with van der Waals surface area (Å²) in [4.78, 5) is 24.6. The Balaban J connectivity index is 1.91. The fourth-order valence-corrected chi connectivity index (χ4v) is 3.09. The van der Waals surface area contributed by atoms with Gasteiger partial charge in [-0.05, 0) is 36.5 Å². The Morgan fingerprint density at radius 3 is 2.37 bits per heavy atom. The fourth-order valence-electron chi connectivity index (χ4n) is 3.09. The molecule has 2 N–H and O–H groups in total. The van der Waals surface area contributed by atoms with Gasteiger partial charge in [0, 0.05) is 11.6 Å². The van der Waals surface area contributed by atoms with Crippen LogP contribution < -0.4 is 10.6 Å². The van der Waals surface area contributed by atoms with Crippen LogP contribution >= 0.6 is 0 Å². The molecule has 0 bridgehead atoms. The highest BCUT2D eigenvalue weighted by Gasteiger charge is 2.16. The minimum atomic E-state index is -0.200. The molecule has 2 rings (SSSR count). The van der Waals surface area contributed by atoms with Gasteiger partial charge < -0.3 is 10.6 Å². The van der Waals surface area contributed by atoms with Crippen molar-refractivity contribution in [1.82, 2.24) is 5.32 Å². The van der Waals surface area contributed by atoms with E-state index < -0.39 is 0 Å². The Bertz CT molecular complexity index is 728. The van der Waals surface area contributed by atoms with Gasteiger partial charge in [-0.3, -0.25) is 9.59 Å². The summed E-state index contributed by atoms with van der Waals surface area (Å²) >= 11 is 0. The number of carbonyl (C=O) groups is 2. The molecule has 1 unspecified atom stereocenters. The molecule has 1 atom stereocenters. The van der Waals surface area contributed by atoms with Gasteiger partial charge in [-0.15, -0.1) is 0 Å². The molecular formula is C23H30N2O2. The number of hydrogen-bond donors (Lipinski definition) is 2. The van der Waals surface area contributed by atoms with E-state index in [1.165, 1.54) is 5.56 Å². The number of anilines is 1. The molecule has 4 nitrogen and oxygen atoms in total. The molecule has 0 fully saturated rings. The van der Waals surface area contributed by atoms with Crippen molar-refractivity contribution in [1.29, 1.82) is 0 Å². The number of rotatable bonds is 10. The van der Waals surface area contributed by atoms with E-state index in [0.29, 0.717) is 0 Å². The molecular weight excluding hydrogens is 336 g/mol. The van der Waals surface area contributed by atoms with Gasteiger partial charge in [0.25, 0.3) is 0 Å². The summed E-state index contributed by atoms with van der Waals surface area (Å²) in [7, 11) is 0. The van der Waals surface area contributed by atoms with Crippen molar-refractivity contribution in [3.05, 3.63) is 65.7 Å². The first kappa shape index (κ1) is 20.7. The van der Waals surface area contributed by atoms with Crippen molar-refractivity contribution in [2.24, 2.45) is 5.92 Å². The third-order valence-electron chi connectivity index (χ3n) is 4.72. The van der Waals surface area contributed by atoms with Crippen LogP contribution in [0.3, 0.4) is 0 Å². The van der Waals surface area contributed by atoms with Gasteiger partial charge in [-0.25, -0.2) is 0 Å². The normalized spacial score (nSPS) is 11.6. The van der Waals surface area contributed by atoms with Crippen molar-refractivity contribution >= 4 is 17.5 Å². The molecule has 0 saturated carbocycles. The van der Waals surface area contributed by atoms with E-state index >= 15 is 0 Å². The largest absolute Gasteiger partial charge is 0.347 e. The average molecular weight is 367 g/mol. The molecule has 0 spiro atoms. The molecule has 2 amide bonds. The highest BCUT2D eigenvalue weighted by atomic mass is 16.2. The molecule has 0 saturated heterocycles. The van der Waals surface area contributed by atoms with E-state index in [-0.39, 0.29) is 24.3 Å². The maximum absolute atomic E-state index is 12.3. The summed E-state index contributed by atoms with van der Waals surface area (Å²) in [5.41, 5.74) is 3.03. The van der Waals surface area contributed by atoms with Gasteiger partial charge in [0.15, 0.2) is 0 Å². The third kappa shape index (κ3) is 6.89. The van der Waals surface area contributed by atoms with Gasteiger partial charge in [-0.2, -0.15) is 0 Å². The van der Waals surface area contributed by atoms with Crippen molar-refractivity contribution < 1.29 is 9.59 Å². The first-order chi connectivity index (χ1) is 13.1. The fraction of sp³-hybridized carbons (Fsp3) is 0.391. The van der Waals surface area contributed by atoms with Crippen LogP contribution in [0.1, 0.15) is 50.7 Å². The Hall–Kier alpha value is -2.62. The summed E-state index contributed by atoms with van der Waals surface area (Å²) < 4.78 is 0. The molecule has 27 heavy (non-hydrogen) atoms. The number of unbranched alkanes of at least 4 members (excludes halogenated alkanes) is 1. The van der Waals surface area contributed by atoms with E-state index in [4.69, 9.17) is 0 Å². The molecule has 0 aliphatic carbocycles. The van der Waals surface area contributed by atoms with Gasteiger partial charge in [0.1, 0.15) is 0 Å². The van der Waals surface area contributed by atoms with E-state index in [0.717, 1.165) is 43.4 Å². The zero-order chi connectivity index (χ0) is 19.5. The second kappa shape index (κ2) is 11.2. The lowest BCUT2D eigenvalue weighted by atomic mass is 9.98. The first-order valence-electron chi connectivity index (χ1n) is 9.83. The van der Waals surface area contributed by atoms with Crippen molar-refractivity contribution in [2.45, 2.75) is 46.0 Å². The highest BCUT2D eigenvalue weighted by Crippen LogP contribution is 2.19. The molecule has 144 valence electrons. The van der Waals surface area contributed by atoms with Gasteiger partial charge in [0.05, 0.1) is 6.54 Å². The lowest BCUT2D eigenvalue weighted by Crippen LogP contribution is -2.36. The minimum absolute atomic E-state index is 0.00112. The van der Waals surface area contributed by atoms with Crippen molar-refractivity contribution in [2.75, 3.05) is 11.9 Å². The lowest BCUT2D eigenvalue weighted by molar-refractivity contribution is -0.127. The number of para-hydroxylation sites is 1. The smallest absolute Gasteiger partial charge is 0.243 e. The monoisotopic (exact) mass is 366 g/mol. The summed E-state index contributed by atoms with van der Waals surface area (Å²) in [6.07, 6.45) is 4.53. The third-order valence-corrected chi connectivity index (χ3v) is 4.72. The van der Waals surface area contributed by atoms with Crippen LogP contribution in [0.2, 0.25) is 0 Å². The van der Waals surface area contributed by atoms with E-state index in [2.05, 4.69) is 29.7 Å². The Kier molecular flexibility index (Phi) is 8.56. The first-order valence-corrected chi connectivity index (χ1v) is 9.83. The minimum Gasteiger partial charge on any atom is -0.347 e. The second-order valence-corrected chi connectivity index (χ2v) is 6.83. The molecule has 2 aromatic rings. The maximum atomic E-state index is 12.3. The van der Waals surface area contributed by atoms with Crippen LogP contribution in [0.4, 0.5) is 5.69 Å². The van der Waals surface area contributed by atoms with Crippen LogP contribution in [0, 0.1) is 5.92 Å². The van der Waals surface area contributed by atoms with Crippen LogP contribution in [-0.2, 0) is 16.0 Å². The van der Waals surface area contributed by atoms with Crippen LogP contribution in [0.25, 0.3) is 0 Å². The van der Waals surface area contributed by atoms with Gasteiger partial charge in [-0.1, -0.05) is 75.2 Å². The van der Waals surface area contributed by atoms with E-state index in [9.17, 15) is 9.59 Å².